The highest BCUT2D eigenvalue weighted by Crippen LogP contribution is 2.16. The SMILES string of the molecule is CCC(C)C(=O)C(C)Nc1ccccc1C. The van der Waals surface area contributed by atoms with Gasteiger partial charge in [-0.25, -0.2) is 0 Å². The molecule has 0 saturated heterocycles. The molecule has 0 radical (unpaired) electrons. The molecule has 16 heavy (non-hydrogen) atoms. The lowest BCUT2D eigenvalue weighted by atomic mass is 9.98. The molecule has 0 saturated carbocycles. The molecule has 0 aliphatic rings. The van der Waals surface area contributed by atoms with Gasteiger partial charge in [0.2, 0.25) is 0 Å². The fourth-order valence-corrected chi connectivity index (χ4v) is 1.67. The number of ketones is 1. The molecule has 0 bridgehead atoms. The molecule has 1 aromatic carbocycles. The second-order valence-electron chi connectivity index (χ2n) is 4.39. The van der Waals surface area contributed by atoms with E-state index in [9.17, 15) is 4.79 Å². The predicted molar refractivity (Wildman–Crippen MR) is 68.7 cm³/mol. The third-order valence-electron chi connectivity index (χ3n) is 3.04. The predicted octanol–water partition coefficient (Wildman–Crippen LogP) is 3.41. The monoisotopic (exact) mass is 219 g/mol. The number of aryl methyl sites for hydroxylation is 1. The van der Waals surface area contributed by atoms with Crippen LogP contribution in [0.2, 0.25) is 0 Å². The van der Waals surface area contributed by atoms with Gasteiger partial charge in [-0.3, -0.25) is 4.79 Å². The summed E-state index contributed by atoms with van der Waals surface area (Å²) in [5.74, 6) is 0.414. The van der Waals surface area contributed by atoms with E-state index in [-0.39, 0.29) is 17.7 Å². The minimum Gasteiger partial charge on any atom is -0.375 e. The van der Waals surface area contributed by atoms with E-state index in [1.54, 1.807) is 0 Å². The first-order valence-corrected chi connectivity index (χ1v) is 5.92. The van der Waals surface area contributed by atoms with E-state index in [2.05, 4.69) is 5.32 Å². The molecule has 88 valence electrons. The number of hydrogen-bond acceptors (Lipinski definition) is 2. The fourth-order valence-electron chi connectivity index (χ4n) is 1.67. The summed E-state index contributed by atoms with van der Waals surface area (Å²) in [5, 5.41) is 3.28. The highest BCUT2D eigenvalue weighted by atomic mass is 16.1. The van der Waals surface area contributed by atoms with Crippen molar-refractivity contribution < 1.29 is 4.79 Å². The Hall–Kier alpha value is -1.31. The van der Waals surface area contributed by atoms with Crippen molar-refractivity contribution in [2.75, 3.05) is 5.32 Å². The Labute approximate surface area is 98.1 Å². The molecule has 1 rings (SSSR count). The summed E-state index contributed by atoms with van der Waals surface area (Å²) < 4.78 is 0. The first-order chi connectivity index (χ1) is 7.56. The summed E-state index contributed by atoms with van der Waals surface area (Å²) in [4.78, 5) is 11.9. The van der Waals surface area contributed by atoms with E-state index in [4.69, 9.17) is 0 Å². The number of para-hydroxylation sites is 1. The standard InChI is InChI=1S/C14H21NO/c1-5-10(2)14(16)12(4)15-13-9-7-6-8-11(13)3/h6-10,12,15H,5H2,1-4H3. The van der Waals surface area contributed by atoms with Gasteiger partial charge in [0.25, 0.3) is 0 Å². The van der Waals surface area contributed by atoms with Crippen LogP contribution in [-0.4, -0.2) is 11.8 Å². The van der Waals surface area contributed by atoms with Crippen molar-refractivity contribution in [2.45, 2.75) is 40.2 Å². The Morgan fingerprint density at radius 2 is 1.94 bits per heavy atom. The molecule has 2 atom stereocenters. The Morgan fingerprint density at radius 3 is 2.50 bits per heavy atom. The van der Waals surface area contributed by atoms with Gasteiger partial charge in [-0.2, -0.15) is 0 Å². The molecule has 0 aliphatic heterocycles. The second-order valence-corrected chi connectivity index (χ2v) is 4.39. The van der Waals surface area contributed by atoms with E-state index in [0.29, 0.717) is 0 Å². The quantitative estimate of drug-likeness (QED) is 0.822. The number of Topliss-reactive ketones (excluding diaryl/α,β-unsaturated/α-hetero) is 1. The van der Waals surface area contributed by atoms with Crippen LogP contribution < -0.4 is 5.32 Å². The normalized spacial score (nSPS) is 14.2. The molecule has 0 spiro atoms. The number of nitrogens with one attached hydrogen (secondary N) is 1. The maximum Gasteiger partial charge on any atom is 0.157 e. The Balaban J connectivity index is 2.68. The van der Waals surface area contributed by atoms with Crippen LogP contribution in [0.5, 0.6) is 0 Å². The van der Waals surface area contributed by atoms with Crippen LogP contribution in [0.15, 0.2) is 24.3 Å². The molecule has 1 aromatic rings. The molecule has 2 heteroatoms. The van der Waals surface area contributed by atoms with Crippen LogP contribution in [0, 0.1) is 12.8 Å². The number of carbonyl (C=O) groups excluding carboxylic acids is 1. The average molecular weight is 219 g/mol. The molecule has 2 nitrogen and oxygen atoms in total. The van der Waals surface area contributed by atoms with Gasteiger partial charge >= 0.3 is 0 Å². The zero-order valence-electron chi connectivity index (χ0n) is 10.6. The van der Waals surface area contributed by atoms with E-state index in [1.807, 2.05) is 52.0 Å². The lowest BCUT2D eigenvalue weighted by Gasteiger charge is -2.18. The van der Waals surface area contributed by atoms with Crippen molar-refractivity contribution in [3.05, 3.63) is 29.8 Å². The van der Waals surface area contributed by atoms with Crippen molar-refractivity contribution in [1.82, 2.24) is 0 Å². The third-order valence-corrected chi connectivity index (χ3v) is 3.04. The van der Waals surface area contributed by atoms with Gasteiger partial charge in [0.15, 0.2) is 5.78 Å². The lowest BCUT2D eigenvalue weighted by molar-refractivity contribution is -0.122. The molecule has 0 aliphatic carbocycles. The largest absolute Gasteiger partial charge is 0.375 e. The highest BCUT2D eigenvalue weighted by Gasteiger charge is 2.18. The van der Waals surface area contributed by atoms with Crippen molar-refractivity contribution in [3.8, 4) is 0 Å². The van der Waals surface area contributed by atoms with E-state index in [1.165, 1.54) is 5.56 Å². The smallest absolute Gasteiger partial charge is 0.157 e. The number of carbonyl (C=O) groups is 1. The second kappa shape index (κ2) is 5.69. The van der Waals surface area contributed by atoms with Gasteiger partial charge in [0.1, 0.15) is 0 Å². The zero-order valence-corrected chi connectivity index (χ0v) is 10.6. The topological polar surface area (TPSA) is 29.1 Å². The van der Waals surface area contributed by atoms with Crippen LogP contribution in [0.3, 0.4) is 0 Å². The average Bonchev–Trinajstić information content (AvgIpc) is 2.30. The highest BCUT2D eigenvalue weighted by molar-refractivity contribution is 5.88. The zero-order chi connectivity index (χ0) is 12.1. The molecule has 0 heterocycles. The van der Waals surface area contributed by atoms with Crippen molar-refractivity contribution >= 4 is 11.5 Å². The van der Waals surface area contributed by atoms with Gasteiger partial charge in [0.05, 0.1) is 6.04 Å². The summed E-state index contributed by atoms with van der Waals surface area (Å²) >= 11 is 0. The summed E-state index contributed by atoms with van der Waals surface area (Å²) in [6, 6.07) is 7.92. The van der Waals surface area contributed by atoms with Crippen molar-refractivity contribution in [2.24, 2.45) is 5.92 Å². The Kier molecular flexibility index (Phi) is 4.53. The molecule has 0 aromatic heterocycles. The first kappa shape index (κ1) is 12.8. The Bertz CT molecular complexity index is 360. The van der Waals surface area contributed by atoms with Crippen LogP contribution in [0.4, 0.5) is 5.69 Å². The van der Waals surface area contributed by atoms with Gasteiger partial charge in [0, 0.05) is 11.6 Å². The number of rotatable bonds is 5. The van der Waals surface area contributed by atoms with Crippen LogP contribution in [0.1, 0.15) is 32.8 Å². The summed E-state index contributed by atoms with van der Waals surface area (Å²) in [6.45, 7) is 8.01. The maximum atomic E-state index is 11.9. The summed E-state index contributed by atoms with van der Waals surface area (Å²) in [7, 11) is 0. The van der Waals surface area contributed by atoms with Gasteiger partial charge < -0.3 is 5.32 Å². The first-order valence-electron chi connectivity index (χ1n) is 5.92. The minimum atomic E-state index is -0.115. The summed E-state index contributed by atoms with van der Waals surface area (Å²) in [6.07, 6.45) is 0.901. The van der Waals surface area contributed by atoms with Crippen LogP contribution in [-0.2, 0) is 4.79 Å². The van der Waals surface area contributed by atoms with E-state index >= 15 is 0 Å². The lowest BCUT2D eigenvalue weighted by Crippen LogP contribution is -2.30. The molecule has 2 unspecified atom stereocenters. The maximum absolute atomic E-state index is 11.9. The summed E-state index contributed by atoms with van der Waals surface area (Å²) in [5.41, 5.74) is 2.22. The number of benzene rings is 1. The molecular formula is C14H21NO. The molecule has 0 fully saturated rings. The van der Waals surface area contributed by atoms with E-state index < -0.39 is 0 Å². The van der Waals surface area contributed by atoms with E-state index in [0.717, 1.165) is 12.1 Å². The number of anilines is 1. The molecule has 1 N–H and O–H groups in total. The van der Waals surface area contributed by atoms with Gasteiger partial charge in [-0.1, -0.05) is 32.0 Å². The molecular weight excluding hydrogens is 198 g/mol. The minimum absolute atomic E-state index is 0.115. The van der Waals surface area contributed by atoms with Crippen LogP contribution in [0.25, 0.3) is 0 Å². The number of hydrogen-bond donors (Lipinski definition) is 1. The van der Waals surface area contributed by atoms with Gasteiger partial charge in [-0.15, -0.1) is 0 Å². The molecule has 0 amide bonds. The van der Waals surface area contributed by atoms with Crippen molar-refractivity contribution in [1.29, 1.82) is 0 Å². The van der Waals surface area contributed by atoms with Crippen LogP contribution >= 0.6 is 0 Å². The fraction of sp³-hybridized carbons (Fsp3) is 0.500. The van der Waals surface area contributed by atoms with Crippen molar-refractivity contribution in [3.63, 3.8) is 0 Å². The van der Waals surface area contributed by atoms with Gasteiger partial charge in [-0.05, 0) is 31.9 Å². The third kappa shape index (κ3) is 3.09. The Morgan fingerprint density at radius 1 is 1.31 bits per heavy atom.